The number of anilines is 1. The minimum Gasteiger partial charge on any atom is -0.462 e. The molecule has 0 radical (unpaired) electrons. The summed E-state index contributed by atoms with van der Waals surface area (Å²) in [5, 5.41) is 11.9. The molecular formula is C19H15N3O6. The Kier molecular flexibility index (Phi) is 5.16. The van der Waals surface area contributed by atoms with Crippen molar-refractivity contribution in [3.05, 3.63) is 75.3 Å². The van der Waals surface area contributed by atoms with Crippen LogP contribution >= 0.6 is 0 Å². The second-order valence-corrected chi connectivity index (χ2v) is 5.76. The van der Waals surface area contributed by atoms with Crippen LogP contribution in [0.4, 0.5) is 11.4 Å². The van der Waals surface area contributed by atoms with E-state index in [1.54, 1.807) is 13.0 Å². The van der Waals surface area contributed by atoms with Gasteiger partial charge in [-0.3, -0.25) is 25.1 Å². The van der Waals surface area contributed by atoms with Gasteiger partial charge in [0.25, 0.3) is 17.5 Å². The number of nitrogens with zero attached hydrogens (tertiary/aromatic N) is 2. The van der Waals surface area contributed by atoms with E-state index in [1.807, 2.05) is 0 Å². The van der Waals surface area contributed by atoms with Crippen LogP contribution in [0.5, 0.6) is 0 Å². The predicted molar refractivity (Wildman–Crippen MR) is 99.1 cm³/mol. The van der Waals surface area contributed by atoms with Crippen molar-refractivity contribution in [3.8, 4) is 0 Å². The first-order valence-electron chi connectivity index (χ1n) is 8.29. The van der Waals surface area contributed by atoms with Gasteiger partial charge in [-0.25, -0.2) is 9.80 Å². The number of rotatable bonds is 5. The Labute approximate surface area is 159 Å². The molecule has 28 heavy (non-hydrogen) atoms. The lowest BCUT2D eigenvalue weighted by atomic mass is 10.1. The number of carbonyl (C=O) groups excluding carboxylic acids is 3. The summed E-state index contributed by atoms with van der Waals surface area (Å²) in [5.74, 6) is -1.73. The third-order valence-corrected chi connectivity index (χ3v) is 3.92. The average molecular weight is 381 g/mol. The molecule has 1 heterocycles. The molecule has 0 unspecified atom stereocenters. The second kappa shape index (κ2) is 7.70. The fraction of sp³-hybridized carbons (Fsp3) is 0.105. The zero-order chi connectivity index (χ0) is 20.3. The summed E-state index contributed by atoms with van der Waals surface area (Å²) in [7, 11) is 0. The van der Waals surface area contributed by atoms with Gasteiger partial charge in [-0.05, 0) is 42.8 Å². The average Bonchev–Trinajstić information content (AvgIpc) is 2.97. The second-order valence-electron chi connectivity index (χ2n) is 5.76. The highest BCUT2D eigenvalue weighted by atomic mass is 16.6. The normalized spacial score (nSPS) is 14.9. The van der Waals surface area contributed by atoms with E-state index in [2.05, 4.69) is 5.43 Å². The van der Waals surface area contributed by atoms with Gasteiger partial charge in [0.15, 0.2) is 0 Å². The third kappa shape index (κ3) is 3.73. The van der Waals surface area contributed by atoms with E-state index in [4.69, 9.17) is 4.74 Å². The standard InChI is InChI=1S/C19H15N3O6/c1-2-28-19(25)13-6-8-14(9-7-13)21-18(24)16(17(23)20-21)11-12-4-3-5-15(10-12)22(26)27/h3-11H,2H2,1H3,(H,20,23)/b16-11+. The Bertz CT molecular complexity index is 997. The summed E-state index contributed by atoms with van der Waals surface area (Å²) >= 11 is 0. The van der Waals surface area contributed by atoms with Gasteiger partial charge in [0.2, 0.25) is 0 Å². The van der Waals surface area contributed by atoms with Crippen LogP contribution in [0.15, 0.2) is 54.1 Å². The van der Waals surface area contributed by atoms with E-state index in [-0.39, 0.29) is 17.9 Å². The molecule has 2 aromatic carbocycles. The lowest BCUT2D eigenvalue weighted by molar-refractivity contribution is -0.384. The fourth-order valence-electron chi connectivity index (χ4n) is 2.60. The van der Waals surface area contributed by atoms with E-state index in [1.165, 1.54) is 48.5 Å². The smallest absolute Gasteiger partial charge is 0.338 e. The van der Waals surface area contributed by atoms with Crippen LogP contribution in [-0.4, -0.2) is 29.3 Å². The van der Waals surface area contributed by atoms with Crippen molar-refractivity contribution in [2.45, 2.75) is 6.92 Å². The molecule has 0 bridgehead atoms. The zero-order valence-corrected chi connectivity index (χ0v) is 14.7. The summed E-state index contributed by atoms with van der Waals surface area (Å²) in [6.45, 7) is 1.94. The third-order valence-electron chi connectivity index (χ3n) is 3.92. The Balaban J connectivity index is 1.84. The SMILES string of the molecule is CCOC(=O)c1ccc(N2NC(=O)/C(=C\c3cccc([N+](=O)[O-])c3)C2=O)cc1. The number of nitrogens with one attached hydrogen (secondary N) is 1. The Morgan fingerprint density at radius 2 is 1.93 bits per heavy atom. The molecular weight excluding hydrogens is 366 g/mol. The number of nitro benzene ring substituents is 1. The number of ether oxygens (including phenoxy) is 1. The summed E-state index contributed by atoms with van der Waals surface area (Å²) < 4.78 is 4.90. The van der Waals surface area contributed by atoms with E-state index in [0.717, 1.165) is 5.01 Å². The molecule has 1 aliphatic rings. The number of carbonyl (C=O) groups is 3. The number of benzene rings is 2. The van der Waals surface area contributed by atoms with Gasteiger partial charge in [0.1, 0.15) is 5.57 Å². The quantitative estimate of drug-likeness (QED) is 0.279. The van der Waals surface area contributed by atoms with Gasteiger partial charge in [-0.2, -0.15) is 0 Å². The largest absolute Gasteiger partial charge is 0.462 e. The van der Waals surface area contributed by atoms with Crippen molar-refractivity contribution >= 4 is 35.2 Å². The lowest BCUT2D eigenvalue weighted by Gasteiger charge is -2.14. The van der Waals surface area contributed by atoms with Crippen LogP contribution < -0.4 is 10.4 Å². The molecule has 1 saturated heterocycles. The van der Waals surface area contributed by atoms with Crippen LogP contribution in [0.2, 0.25) is 0 Å². The summed E-state index contributed by atoms with van der Waals surface area (Å²) in [6.07, 6.45) is 1.29. The van der Waals surface area contributed by atoms with Gasteiger partial charge in [-0.15, -0.1) is 0 Å². The summed E-state index contributed by atoms with van der Waals surface area (Å²) in [6, 6.07) is 11.6. The molecule has 1 fully saturated rings. The van der Waals surface area contributed by atoms with Crippen molar-refractivity contribution in [2.75, 3.05) is 11.6 Å². The summed E-state index contributed by atoms with van der Waals surface area (Å²) in [4.78, 5) is 46.8. The van der Waals surface area contributed by atoms with Gasteiger partial charge in [0.05, 0.1) is 22.8 Å². The minimum atomic E-state index is -0.633. The van der Waals surface area contributed by atoms with Crippen molar-refractivity contribution in [3.63, 3.8) is 0 Å². The maximum atomic E-state index is 12.6. The Morgan fingerprint density at radius 1 is 1.21 bits per heavy atom. The first-order valence-corrected chi connectivity index (χ1v) is 8.29. The van der Waals surface area contributed by atoms with E-state index in [9.17, 15) is 24.5 Å². The first kappa shape index (κ1) is 18.8. The Morgan fingerprint density at radius 3 is 2.57 bits per heavy atom. The maximum Gasteiger partial charge on any atom is 0.338 e. The minimum absolute atomic E-state index is 0.147. The molecule has 9 nitrogen and oxygen atoms in total. The highest BCUT2D eigenvalue weighted by Gasteiger charge is 2.34. The predicted octanol–water partition coefficient (Wildman–Crippen LogP) is 2.23. The highest BCUT2D eigenvalue weighted by Crippen LogP contribution is 2.23. The summed E-state index contributed by atoms with van der Waals surface area (Å²) in [5.41, 5.74) is 3.15. The molecule has 9 heteroatoms. The van der Waals surface area contributed by atoms with Gasteiger partial charge >= 0.3 is 5.97 Å². The molecule has 0 spiro atoms. The van der Waals surface area contributed by atoms with Crippen LogP contribution in [0.25, 0.3) is 6.08 Å². The fourth-order valence-corrected chi connectivity index (χ4v) is 2.60. The van der Waals surface area contributed by atoms with Crippen molar-refractivity contribution in [1.82, 2.24) is 5.43 Å². The molecule has 0 atom stereocenters. The number of esters is 1. The van der Waals surface area contributed by atoms with Gasteiger partial charge in [0, 0.05) is 12.1 Å². The van der Waals surface area contributed by atoms with Gasteiger partial charge < -0.3 is 4.74 Å². The maximum absolute atomic E-state index is 12.6. The zero-order valence-electron chi connectivity index (χ0n) is 14.7. The highest BCUT2D eigenvalue weighted by molar-refractivity contribution is 6.31. The number of hydrogen-bond donors (Lipinski definition) is 1. The number of hydrogen-bond acceptors (Lipinski definition) is 6. The number of amides is 2. The molecule has 0 aliphatic carbocycles. The van der Waals surface area contributed by atoms with Crippen molar-refractivity contribution in [2.24, 2.45) is 0 Å². The number of nitro groups is 1. The molecule has 3 rings (SSSR count). The first-order chi connectivity index (χ1) is 13.4. The van der Waals surface area contributed by atoms with Crippen LogP contribution in [0.1, 0.15) is 22.8 Å². The van der Waals surface area contributed by atoms with Crippen LogP contribution in [0.3, 0.4) is 0 Å². The molecule has 2 amide bonds. The topological polar surface area (TPSA) is 119 Å². The molecule has 1 aliphatic heterocycles. The Hall–Kier alpha value is -4.01. The lowest BCUT2D eigenvalue weighted by Crippen LogP contribution is -2.35. The number of hydrazine groups is 1. The molecule has 142 valence electrons. The molecule has 1 N–H and O–H groups in total. The van der Waals surface area contributed by atoms with E-state index < -0.39 is 22.7 Å². The number of non-ortho nitro benzene ring substituents is 1. The van der Waals surface area contributed by atoms with Crippen LogP contribution in [0, 0.1) is 10.1 Å². The van der Waals surface area contributed by atoms with Crippen molar-refractivity contribution < 1.29 is 24.0 Å². The van der Waals surface area contributed by atoms with Gasteiger partial charge in [-0.1, -0.05) is 12.1 Å². The molecule has 2 aromatic rings. The van der Waals surface area contributed by atoms with E-state index >= 15 is 0 Å². The van der Waals surface area contributed by atoms with Crippen molar-refractivity contribution in [1.29, 1.82) is 0 Å². The van der Waals surface area contributed by atoms with Crippen LogP contribution in [-0.2, 0) is 14.3 Å². The van der Waals surface area contributed by atoms with E-state index in [0.29, 0.717) is 16.8 Å². The monoisotopic (exact) mass is 381 g/mol. The molecule has 0 saturated carbocycles. The molecule has 0 aromatic heterocycles.